The minimum Gasteiger partial charge on any atom is -0.351 e. The summed E-state index contributed by atoms with van der Waals surface area (Å²) in [5, 5.41) is 12.9. The molecule has 1 unspecified atom stereocenters. The molecule has 3 rings (SSSR count). The fourth-order valence-electron chi connectivity index (χ4n) is 2.80. The maximum atomic E-state index is 12.6. The van der Waals surface area contributed by atoms with Crippen LogP contribution in [0.5, 0.6) is 0 Å². The van der Waals surface area contributed by atoms with Crippen LogP contribution in [-0.4, -0.2) is 29.3 Å². The van der Waals surface area contributed by atoms with Gasteiger partial charge in [0.2, 0.25) is 0 Å². The first-order valence-electron chi connectivity index (χ1n) is 7.44. The van der Waals surface area contributed by atoms with Gasteiger partial charge in [-0.2, -0.15) is 18.3 Å². The third-order valence-corrected chi connectivity index (χ3v) is 4.90. The quantitative estimate of drug-likeness (QED) is 0.905. The summed E-state index contributed by atoms with van der Waals surface area (Å²) in [5.74, 6) is 0.853. The van der Waals surface area contributed by atoms with Gasteiger partial charge in [-0.1, -0.05) is 0 Å². The number of hydrogen-bond donors (Lipinski definition) is 1. The number of halogens is 3. The molecular formula is C15H17F3N4S. The highest BCUT2D eigenvalue weighted by molar-refractivity contribution is 7.10. The standard InChI is InChI=1S/C15H17F3N4S/c16-15(17,18)13-7-11(10-23-13)8-19-9-12-3-2-6-22(12)14-4-1-5-20-21-14/h1,4-5,7,10,12,19H,2-3,6,8-9H2. The predicted octanol–water partition coefficient (Wildman–Crippen LogP) is 3.32. The number of thiophene rings is 1. The van der Waals surface area contributed by atoms with Crippen LogP contribution in [0.4, 0.5) is 19.0 Å². The number of rotatable bonds is 5. The average Bonchev–Trinajstić information content (AvgIpc) is 3.17. The molecule has 1 aliphatic rings. The number of nitrogens with one attached hydrogen (secondary N) is 1. The van der Waals surface area contributed by atoms with Crippen LogP contribution in [0.2, 0.25) is 0 Å². The Balaban J connectivity index is 1.53. The van der Waals surface area contributed by atoms with Crippen molar-refractivity contribution >= 4 is 17.2 Å². The molecule has 2 aromatic heterocycles. The number of hydrogen-bond acceptors (Lipinski definition) is 5. The van der Waals surface area contributed by atoms with Gasteiger partial charge < -0.3 is 10.2 Å². The average molecular weight is 342 g/mol. The van der Waals surface area contributed by atoms with Gasteiger partial charge in [0.15, 0.2) is 5.82 Å². The van der Waals surface area contributed by atoms with Gasteiger partial charge >= 0.3 is 6.18 Å². The summed E-state index contributed by atoms with van der Waals surface area (Å²) < 4.78 is 37.7. The molecule has 4 nitrogen and oxygen atoms in total. The van der Waals surface area contributed by atoms with E-state index in [1.165, 1.54) is 6.07 Å². The Morgan fingerprint density at radius 2 is 2.26 bits per heavy atom. The molecule has 0 radical (unpaired) electrons. The van der Waals surface area contributed by atoms with Gasteiger partial charge in [0.05, 0.1) is 0 Å². The van der Waals surface area contributed by atoms with Gasteiger partial charge in [0.1, 0.15) is 4.88 Å². The van der Waals surface area contributed by atoms with E-state index in [0.717, 1.165) is 36.5 Å². The predicted molar refractivity (Wildman–Crippen MR) is 83.4 cm³/mol. The summed E-state index contributed by atoms with van der Waals surface area (Å²) in [6.45, 7) is 2.09. The maximum absolute atomic E-state index is 12.6. The Morgan fingerprint density at radius 1 is 1.39 bits per heavy atom. The minimum absolute atomic E-state index is 0.299. The van der Waals surface area contributed by atoms with Crippen LogP contribution < -0.4 is 10.2 Å². The summed E-state index contributed by atoms with van der Waals surface area (Å²) >= 11 is 0.743. The summed E-state index contributed by atoms with van der Waals surface area (Å²) in [5.41, 5.74) is 0.673. The van der Waals surface area contributed by atoms with Crippen molar-refractivity contribution in [2.24, 2.45) is 0 Å². The van der Waals surface area contributed by atoms with Crippen molar-refractivity contribution in [3.8, 4) is 0 Å². The van der Waals surface area contributed by atoms with Crippen molar-refractivity contribution in [1.82, 2.24) is 15.5 Å². The number of alkyl halides is 3. The molecule has 1 atom stereocenters. The van der Waals surface area contributed by atoms with E-state index < -0.39 is 11.1 Å². The SMILES string of the molecule is FC(F)(F)c1cc(CNCC2CCCN2c2cccnn2)cs1. The monoisotopic (exact) mass is 342 g/mol. The molecular weight excluding hydrogens is 325 g/mol. The van der Waals surface area contributed by atoms with Gasteiger partial charge in [0.25, 0.3) is 0 Å². The van der Waals surface area contributed by atoms with E-state index >= 15 is 0 Å². The summed E-state index contributed by atoms with van der Waals surface area (Å²) in [7, 11) is 0. The second-order valence-electron chi connectivity index (χ2n) is 5.52. The molecule has 0 aliphatic carbocycles. The van der Waals surface area contributed by atoms with E-state index in [0.29, 0.717) is 24.7 Å². The second kappa shape index (κ2) is 6.84. The Hall–Kier alpha value is -1.67. The molecule has 0 amide bonds. The lowest BCUT2D eigenvalue weighted by atomic mass is 10.2. The van der Waals surface area contributed by atoms with E-state index in [1.807, 2.05) is 12.1 Å². The highest BCUT2D eigenvalue weighted by Crippen LogP contribution is 2.34. The van der Waals surface area contributed by atoms with Gasteiger partial charge in [-0.15, -0.1) is 16.4 Å². The van der Waals surface area contributed by atoms with Crippen LogP contribution in [0.25, 0.3) is 0 Å². The first kappa shape index (κ1) is 16.2. The molecule has 0 saturated carbocycles. The van der Waals surface area contributed by atoms with Crippen LogP contribution >= 0.6 is 11.3 Å². The van der Waals surface area contributed by atoms with Gasteiger partial charge in [-0.25, -0.2) is 0 Å². The molecule has 124 valence electrons. The Kier molecular flexibility index (Phi) is 4.82. The fourth-order valence-corrected chi connectivity index (χ4v) is 3.58. The zero-order valence-corrected chi connectivity index (χ0v) is 13.2. The molecule has 1 N–H and O–H groups in total. The smallest absolute Gasteiger partial charge is 0.351 e. The molecule has 0 spiro atoms. The molecule has 0 aromatic carbocycles. The van der Waals surface area contributed by atoms with Crippen molar-refractivity contribution in [2.45, 2.75) is 31.6 Å². The van der Waals surface area contributed by atoms with Crippen molar-refractivity contribution in [1.29, 1.82) is 0 Å². The van der Waals surface area contributed by atoms with Crippen molar-refractivity contribution in [3.63, 3.8) is 0 Å². The Labute approximate surface area is 136 Å². The van der Waals surface area contributed by atoms with Crippen molar-refractivity contribution < 1.29 is 13.2 Å². The Bertz CT molecular complexity index is 629. The zero-order valence-electron chi connectivity index (χ0n) is 12.4. The molecule has 2 aromatic rings. The summed E-state index contributed by atoms with van der Waals surface area (Å²) in [4.78, 5) is 1.66. The van der Waals surface area contributed by atoms with Gasteiger partial charge in [0, 0.05) is 31.9 Å². The molecule has 23 heavy (non-hydrogen) atoms. The van der Waals surface area contributed by atoms with Crippen LogP contribution in [-0.2, 0) is 12.7 Å². The highest BCUT2D eigenvalue weighted by Gasteiger charge is 2.32. The van der Waals surface area contributed by atoms with Gasteiger partial charge in [-0.3, -0.25) is 0 Å². The number of nitrogens with zero attached hydrogens (tertiary/aromatic N) is 3. The molecule has 1 saturated heterocycles. The third kappa shape index (κ3) is 4.00. The maximum Gasteiger partial charge on any atom is 0.425 e. The lowest BCUT2D eigenvalue weighted by molar-refractivity contribution is -0.134. The lowest BCUT2D eigenvalue weighted by Crippen LogP contribution is -2.38. The lowest BCUT2D eigenvalue weighted by Gasteiger charge is -2.25. The van der Waals surface area contributed by atoms with Crippen LogP contribution in [0, 0.1) is 0 Å². The van der Waals surface area contributed by atoms with E-state index in [4.69, 9.17) is 0 Å². The van der Waals surface area contributed by atoms with Crippen LogP contribution in [0.15, 0.2) is 29.8 Å². The summed E-state index contributed by atoms with van der Waals surface area (Å²) in [6, 6.07) is 5.30. The Morgan fingerprint density at radius 3 is 2.96 bits per heavy atom. The second-order valence-corrected chi connectivity index (χ2v) is 6.43. The topological polar surface area (TPSA) is 41.0 Å². The largest absolute Gasteiger partial charge is 0.425 e. The van der Waals surface area contributed by atoms with Crippen molar-refractivity contribution in [2.75, 3.05) is 18.0 Å². The number of aromatic nitrogens is 2. The summed E-state index contributed by atoms with van der Waals surface area (Å²) in [6.07, 6.45) is -0.487. The molecule has 1 fully saturated rings. The van der Waals surface area contributed by atoms with E-state index in [1.54, 1.807) is 11.6 Å². The normalized spacial score (nSPS) is 18.6. The molecule has 3 heterocycles. The highest BCUT2D eigenvalue weighted by atomic mass is 32.1. The van der Waals surface area contributed by atoms with E-state index in [9.17, 15) is 13.2 Å². The number of anilines is 1. The minimum atomic E-state index is -4.25. The van der Waals surface area contributed by atoms with Gasteiger partial charge in [-0.05, 0) is 42.0 Å². The molecule has 1 aliphatic heterocycles. The zero-order chi connectivity index (χ0) is 16.3. The molecule has 8 heteroatoms. The van der Waals surface area contributed by atoms with Crippen LogP contribution in [0.1, 0.15) is 23.3 Å². The fraction of sp³-hybridized carbons (Fsp3) is 0.467. The first-order valence-corrected chi connectivity index (χ1v) is 8.31. The van der Waals surface area contributed by atoms with E-state index in [2.05, 4.69) is 20.4 Å². The third-order valence-electron chi connectivity index (χ3n) is 3.87. The van der Waals surface area contributed by atoms with Crippen molar-refractivity contribution in [3.05, 3.63) is 40.2 Å². The first-order chi connectivity index (χ1) is 11.0. The van der Waals surface area contributed by atoms with E-state index in [-0.39, 0.29) is 0 Å². The van der Waals surface area contributed by atoms with Crippen LogP contribution in [0.3, 0.4) is 0 Å². The molecule has 0 bridgehead atoms.